The molecule has 0 aliphatic carbocycles. The molecule has 2 aromatic heterocycles. The maximum Gasteiger partial charge on any atom is 0.232 e. The third-order valence-corrected chi connectivity index (χ3v) is 6.79. The second-order valence-electron chi connectivity index (χ2n) is 7.77. The van der Waals surface area contributed by atoms with E-state index in [1.54, 1.807) is 11.3 Å². The van der Waals surface area contributed by atoms with Gasteiger partial charge in [0.25, 0.3) is 0 Å². The number of nitrogens with one attached hydrogen (secondary N) is 1. The molecule has 1 N–H and O–H groups in total. The number of morpholine rings is 1. The smallest absolute Gasteiger partial charge is 0.232 e. The summed E-state index contributed by atoms with van der Waals surface area (Å²) in [4.78, 5) is 8.17. The van der Waals surface area contributed by atoms with Crippen LogP contribution in [-0.2, 0) is 11.2 Å². The number of thiophene rings is 1. The maximum atomic E-state index is 9.63. The van der Waals surface area contributed by atoms with Crippen LogP contribution in [-0.4, -0.2) is 42.7 Å². The number of nitrogens with zero attached hydrogens (tertiary/aromatic N) is 3. The number of ether oxygens (including phenoxy) is 1. The highest BCUT2D eigenvalue weighted by Crippen LogP contribution is 2.28. The first-order valence-corrected chi connectivity index (χ1v) is 11.7. The largest absolute Gasteiger partial charge is 0.423 e. The summed E-state index contributed by atoms with van der Waals surface area (Å²) in [5.74, 6) is 0.983. The molecule has 0 radical (unpaired) electrons. The van der Waals surface area contributed by atoms with Crippen LogP contribution in [0, 0.1) is 11.3 Å². The van der Waals surface area contributed by atoms with Crippen molar-refractivity contribution < 1.29 is 9.15 Å². The second kappa shape index (κ2) is 9.53. The van der Waals surface area contributed by atoms with Crippen molar-refractivity contribution >= 4 is 28.0 Å². The molecule has 0 unspecified atom stereocenters. The standard InChI is InChI=1S/C25H24N4O2S/c26-16-21-25(27-17-22(23-9-4-14-32-23)29-10-12-30-13-11-29)31-24(28-21)15-19-7-3-6-18-5-1-2-8-20(18)19/h1-9,14,22,27H,10-13,15,17H2/t22-/m1/s1. The molecule has 1 saturated heterocycles. The third kappa shape index (κ3) is 4.39. The number of hydrogen-bond donors (Lipinski definition) is 1. The summed E-state index contributed by atoms with van der Waals surface area (Å²) < 4.78 is 11.6. The topological polar surface area (TPSA) is 74.3 Å². The molecule has 1 aliphatic heterocycles. The van der Waals surface area contributed by atoms with Crippen LogP contribution in [0.4, 0.5) is 5.88 Å². The summed E-state index contributed by atoms with van der Waals surface area (Å²) in [7, 11) is 0. The number of fused-ring (bicyclic) bond motifs is 1. The second-order valence-corrected chi connectivity index (χ2v) is 8.75. The zero-order chi connectivity index (χ0) is 21.8. The van der Waals surface area contributed by atoms with E-state index in [0.717, 1.165) is 31.9 Å². The van der Waals surface area contributed by atoms with E-state index >= 15 is 0 Å². The van der Waals surface area contributed by atoms with Crippen LogP contribution < -0.4 is 5.32 Å². The molecule has 1 atom stereocenters. The number of rotatable bonds is 7. The lowest BCUT2D eigenvalue weighted by Crippen LogP contribution is -2.41. The van der Waals surface area contributed by atoms with Gasteiger partial charge in [0.15, 0.2) is 0 Å². The highest BCUT2D eigenvalue weighted by molar-refractivity contribution is 7.10. The molecule has 1 fully saturated rings. The van der Waals surface area contributed by atoms with E-state index in [-0.39, 0.29) is 6.04 Å². The van der Waals surface area contributed by atoms with Crippen LogP contribution in [0.25, 0.3) is 10.8 Å². The predicted molar refractivity (Wildman–Crippen MR) is 126 cm³/mol. The Morgan fingerprint density at radius 3 is 2.75 bits per heavy atom. The van der Waals surface area contributed by atoms with E-state index in [1.165, 1.54) is 15.6 Å². The molecular formula is C25H24N4O2S. The Kier molecular flexibility index (Phi) is 6.17. The van der Waals surface area contributed by atoms with E-state index in [9.17, 15) is 5.26 Å². The fraction of sp³-hybridized carbons (Fsp3) is 0.280. The molecule has 2 aromatic carbocycles. The van der Waals surface area contributed by atoms with Crippen LogP contribution in [0.3, 0.4) is 0 Å². The molecule has 0 amide bonds. The lowest BCUT2D eigenvalue weighted by molar-refractivity contribution is 0.0193. The average molecular weight is 445 g/mol. The van der Waals surface area contributed by atoms with Crippen molar-refractivity contribution in [2.24, 2.45) is 0 Å². The van der Waals surface area contributed by atoms with E-state index in [0.29, 0.717) is 30.4 Å². The minimum atomic E-state index is 0.192. The van der Waals surface area contributed by atoms with Gasteiger partial charge in [-0.1, -0.05) is 48.5 Å². The van der Waals surface area contributed by atoms with Gasteiger partial charge in [0.05, 0.1) is 25.7 Å². The number of oxazole rings is 1. The minimum absolute atomic E-state index is 0.192. The van der Waals surface area contributed by atoms with Crippen molar-refractivity contribution in [2.75, 3.05) is 38.2 Å². The Labute approximate surface area is 191 Å². The van der Waals surface area contributed by atoms with Crippen LogP contribution in [0.5, 0.6) is 0 Å². The van der Waals surface area contributed by atoms with Gasteiger partial charge in [0, 0.05) is 24.5 Å². The predicted octanol–water partition coefficient (Wildman–Crippen LogP) is 4.84. The molecule has 0 bridgehead atoms. The summed E-state index contributed by atoms with van der Waals surface area (Å²) in [5.41, 5.74) is 1.43. The first kappa shape index (κ1) is 20.7. The number of anilines is 1. The zero-order valence-electron chi connectivity index (χ0n) is 17.7. The Balaban J connectivity index is 1.35. The molecule has 162 valence electrons. The highest BCUT2D eigenvalue weighted by Gasteiger charge is 2.24. The third-order valence-electron chi connectivity index (χ3n) is 5.81. The van der Waals surface area contributed by atoms with Crippen molar-refractivity contribution in [1.29, 1.82) is 5.26 Å². The lowest BCUT2D eigenvalue weighted by Gasteiger charge is -2.34. The number of aromatic nitrogens is 1. The molecule has 4 aromatic rings. The van der Waals surface area contributed by atoms with Crippen LogP contribution in [0.1, 0.15) is 28.1 Å². The van der Waals surface area contributed by atoms with Gasteiger partial charge in [-0.2, -0.15) is 5.26 Å². The van der Waals surface area contributed by atoms with Gasteiger partial charge in [0.1, 0.15) is 6.07 Å². The van der Waals surface area contributed by atoms with Crippen molar-refractivity contribution in [3.8, 4) is 6.07 Å². The molecule has 0 spiro atoms. The molecule has 6 nitrogen and oxygen atoms in total. The van der Waals surface area contributed by atoms with Crippen LogP contribution in [0.15, 0.2) is 64.4 Å². The van der Waals surface area contributed by atoms with Crippen molar-refractivity contribution in [2.45, 2.75) is 12.5 Å². The summed E-state index contributed by atoms with van der Waals surface area (Å²) >= 11 is 1.74. The van der Waals surface area contributed by atoms with E-state index in [2.05, 4.69) is 63.0 Å². The first-order valence-electron chi connectivity index (χ1n) is 10.8. The zero-order valence-corrected chi connectivity index (χ0v) is 18.5. The van der Waals surface area contributed by atoms with Crippen LogP contribution in [0.2, 0.25) is 0 Å². The molecule has 5 rings (SSSR count). The number of nitriles is 1. The number of hydrogen-bond acceptors (Lipinski definition) is 7. The van der Waals surface area contributed by atoms with Crippen LogP contribution >= 0.6 is 11.3 Å². The number of benzene rings is 2. The maximum absolute atomic E-state index is 9.63. The van der Waals surface area contributed by atoms with Gasteiger partial charge < -0.3 is 14.5 Å². The summed E-state index contributed by atoms with van der Waals surface area (Å²) in [5, 5.41) is 17.4. The summed E-state index contributed by atoms with van der Waals surface area (Å²) in [6.45, 7) is 3.89. The molecule has 0 saturated carbocycles. The Hall–Kier alpha value is -3.18. The molecule has 1 aliphatic rings. The lowest BCUT2D eigenvalue weighted by atomic mass is 10.0. The van der Waals surface area contributed by atoms with Gasteiger partial charge in [0.2, 0.25) is 17.5 Å². The molecule has 32 heavy (non-hydrogen) atoms. The van der Waals surface area contributed by atoms with E-state index in [4.69, 9.17) is 9.15 Å². The summed E-state index contributed by atoms with van der Waals surface area (Å²) in [6, 6.07) is 21.1. The Morgan fingerprint density at radius 2 is 1.94 bits per heavy atom. The van der Waals surface area contributed by atoms with E-state index < -0.39 is 0 Å². The van der Waals surface area contributed by atoms with Crippen molar-refractivity contribution in [3.05, 3.63) is 82.0 Å². The van der Waals surface area contributed by atoms with E-state index in [1.807, 2.05) is 18.2 Å². The molecule has 7 heteroatoms. The summed E-state index contributed by atoms with van der Waals surface area (Å²) in [6.07, 6.45) is 0.537. The SMILES string of the molecule is N#Cc1nc(Cc2cccc3ccccc23)oc1NC[C@H](c1cccs1)N1CCOCC1. The minimum Gasteiger partial charge on any atom is -0.423 e. The average Bonchev–Trinajstić information content (AvgIpc) is 3.50. The highest BCUT2D eigenvalue weighted by atomic mass is 32.1. The van der Waals surface area contributed by atoms with Gasteiger partial charge in [-0.15, -0.1) is 11.3 Å². The quantitative estimate of drug-likeness (QED) is 0.440. The Morgan fingerprint density at radius 1 is 1.09 bits per heavy atom. The molecular weight excluding hydrogens is 420 g/mol. The first-order chi connectivity index (χ1) is 15.8. The normalized spacial score (nSPS) is 15.5. The van der Waals surface area contributed by atoms with Crippen molar-refractivity contribution in [1.82, 2.24) is 9.88 Å². The van der Waals surface area contributed by atoms with Crippen molar-refractivity contribution in [3.63, 3.8) is 0 Å². The van der Waals surface area contributed by atoms with Gasteiger partial charge in [-0.3, -0.25) is 4.90 Å². The molecule has 3 heterocycles. The fourth-order valence-electron chi connectivity index (χ4n) is 4.21. The Bertz CT molecular complexity index is 1220. The van der Waals surface area contributed by atoms with Gasteiger partial charge in [-0.05, 0) is 27.8 Å². The van der Waals surface area contributed by atoms with Gasteiger partial charge in [-0.25, -0.2) is 4.98 Å². The van der Waals surface area contributed by atoms with Gasteiger partial charge >= 0.3 is 0 Å². The monoisotopic (exact) mass is 444 g/mol. The fourth-order valence-corrected chi connectivity index (χ4v) is 5.08.